The number of rotatable bonds is 2. The molecule has 0 spiro atoms. The Kier molecular flexibility index (Phi) is 4.46. The van der Waals surface area contributed by atoms with Gasteiger partial charge in [-0.2, -0.15) is 18.3 Å². The van der Waals surface area contributed by atoms with Gasteiger partial charge in [-0.1, -0.05) is 0 Å². The quantitative estimate of drug-likeness (QED) is 0.447. The highest BCUT2D eigenvalue weighted by molar-refractivity contribution is 5.80. The van der Waals surface area contributed by atoms with Crippen molar-refractivity contribution in [2.45, 2.75) is 33.1 Å². The van der Waals surface area contributed by atoms with Gasteiger partial charge in [-0.05, 0) is 61.4 Å². The molecule has 1 aliphatic rings. The van der Waals surface area contributed by atoms with Gasteiger partial charge in [0.15, 0.2) is 5.82 Å². The van der Waals surface area contributed by atoms with Gasteiger partial charge in [0.05, 0.1) is 36.1 Å². The first-order valence-corrected chi connectivity index (χ1v) is 10.0. The van der Waals surface area contributed by atoms with E-state index in [1.165, 1.54) is 23.5 Å². The van der Waals surface area contributed by atoms with Crippen LogP contribution < -0.4 is 4.90 Å². The molecule has 0 saturated carbocycles. The lowest BCUT2D eigenvalue weighted by atomic mass is 10.1. The number of alkyl halides is 3. The first-order valence-electron chi connectivity index (χ1n) is 10.0. The molecule has 0 radical (unpaired) electrons. The smallest absolute Gasteiger partial charge is 0.364 e. The number of hydrogen-bond acceptors (Lipinski definition) is 4. The van der Waals surface area contributed by atoms with Crippen molar-refractivity contribution < 1.29 is 13.2 Å². The fourth-order valence-corrected chi connectivity index (χ4v) is 4.08. The van der Waals surface area contributed by atoms with Gasteiger partial charge >= 0.3 is 6.18 Å². The lowest BCUT2D eigenvalue weighted by Crippen LogP contribution is -2.34. The predicted octanol–water partition coefficient (Wildman–Crippen LogP) is 5.15. The Morgan fingerprint density at radius 1 is 0.935 bits per heavy atom. The average Bonchev–Trinajstić information content (AvgIpc) is 3.12. The molecule has 0 atom stereocenters. The minimum absolute atomic E-state index is 0.368. The number of anilines is 1. The third-order valence-electron chi connectivity index (χ3n) is 5.78. The van der Waals surface area contributed by atoms with Crippen molar-refractivity contribution in [3.63, 3.8) is 0 Å². The molecule has 158 valence electrons. The van der Waals surface area contributed by atoms with Gasteiger partial charge in [0.1, 0.15) is 0 Å². The molecule has 0 amide bonds. The average molecular weight is 423 g/mol. The van der Waals surface area contributed by atoms with Crippen LogP contribution in [-0.2, 0) is 19.3 Å². The maximum absolute atomic E-state index is 12.9. The van der Waals surface area contributed by atoms with Crippen molar-refractivity contribution in [1.29, 1.82) is 0 Å². The van der Waals surface area contributed by atoms with E-state index in [4.69, 9.17) is 0 Å². The molecule has 0 aliphatic carbocycles. The summed E-state index contributed by atoms with van der Waals surface area (Å²) in [6, 6.07) is 9.58. The summed E-state index contributed by atoms with van der Waals surface area (Å²) in [4.78, 5) is 11.1. The van der Waals surface area contributed by atoms with E-state index in [9.17, 15) is 13.2 Å². The fraction of sp³-hybridized carbons (Fsp3) is 0.261. The summed E-state index contributed by atoms with van der Waals surface area (Å²) in [6.07, 6.45) is -1.03. The van der Waals surface area contributed by atoms with Gasteiger partial charge in [-0.25, -0.2) is 9.97 Å². The van der Waals surface area contributed by atoms with Crippen LogP contribution in [0.1, 0.15) is 22.4 Å². The monoisotopic (exact) mass is 423 g/mol. The molecule has 2 aromatic carbocycles. The molecule has 8 heteroatoms. The topological polar surface area (TPSA) is 46.8 Å². The van der Waals surface area contributed by atoms with Crippen molar-refractivity contribution in [3.8, 4) is 11.4 Å². The van der Waals surface area contributed by atoms with E-state index in [2.05, 4.69) is 37.6 Å². The predicted molar refractivity (Wildman–Crippen MR) is 113 cm³/mol. The van der Waals surface area contributed by atoms with Crippen LogP contribution in [0.5, 0.6) is 0 Å². The molecule has 4 aromatic rings. The molecule has 0 unspecified atom stereocenters. The highest BCUT2D eigenvalue weighted by Gasteiger charge is 2.30. The van der Waals surface area contributed by atoms with E-state index >= 15 is 0 Å². The Bertz CT molecular complexity index is 1290. The first kappa shape index (κ1) is 19.5. The van der Waals surface area contributed by atoms with Crippen LogP contribution in [0.4, 0.5) is 18.9 Å². The number of halogens is 3. The van der Waals surface area contributed by atoms with E-state index in [0.717, 1.165) is 48.6 Å². The first-order chi connectivity index (χ1) is 14.8. The van der Waals surface area contributed by atoms with Gasteiger partial charge in [0.25, 0.3) is 0 Å². The zero-order chi connectivity index (χ0) is 21.8. The van der Waals surface area contributed by atoms with Crippen molar-refractivity contribution in [2.24, 2.45) is 0 Å². The molecule has 5 nitrogen and oxygen atoms in total. The Morgan fingerprint density at radius 2 is 1.77 bits per heavy atom. The van der Waals surface area contributed by atoms with Gasteiger partial charge in [-0.3, -0.25) is 4.68 Å². The maximum atomic E-state index is 12.9. The number of aryl methyl sites for hydroxylation is 2. The Balaban J connectivity index is 1.44. The summed E-state index contributed by atoms with van der Waals surface area (Å²) in [6.45, 7) is 6.65. The van der Waals surface area contributed by atoms with Crippen molar-refractivity contribution in [3.05, 3.63) is 71.2 Å². The SMILES string of the molecule is Cc1cc(-c2ncc3cc(C(F)(F)F)ccc3n2)ccc1N1CCn2ncc(C)c2C1. The summed E-state index contributed by atoms with van der Waals surface area (Å²) >= 11 is 0. The van der Waals surface area contributed by atoms with E-state index in [1.807, 2.05) is 25.3 Å². The molecular weight excluding hydrogens is 403 g/mol. The van der Waals surface area contributed by atoms with Crippen LogP contribution in [0.15, 0.2) is 48.8 Å². The fourth-order valence-electron chi connectivity index (χ4n) is 4.08. The molecule has 2 aromatic heterocycles. The highest BCUT2D eigenvalue weighted by Crippen LogP contribution is 2.32. The Labute approximate surface area is 177 Å². The van der Waals surface area contributed by atoms with E-state index < -0.39 is 11.7 Å². The van der Waals surface area contributed by atoms with Crippen molar-refractivity contribution >= 4 is 16.6 Å². The molecule has 3 heterocycles. The van der Waals surface area contributed by atoms with E-state index in [-0.39, 0.29) is 0 Å². The number of aromatic nitrogens is 4. The number of nitrogens with zero attached hydrogens (tertiary/aromatic N) is 5. The summed E-state index contributed by atoms with van der Waals surface area (Å²) < 4.78 is 40.9. The zero-order valence-electron chi connectivity index (χ0n) is 17.1. The number of benzene rings is 2. The van der Waals surface area contributed by atoms with Crippen LogP contribution in [0.25, 0.3) is 22.3 Å². The summed E-state index contributed by atoms with van der Waals surface area (Å²) in [5, 5.41) is 4.78. The maximum Gasteiger partial charge on any atom is 0.416 e. The normalized spacial score (nSPS) is 14.2. The molecule has 1 aliphatic heterocycles. The lowest BCUT2D eigenvalue weighted by Gasteiger charge is -2.31. The molecular formula is C23H20F3N5. The van der Waals surface area contributed by atoms with Crippen molar-refractivity contribution in [1.82, 2.24) is 19.7 Å². The molecule has 0 saturated heterocycles. The number of hydrogen-bond donors (Lipinski definition) is 0. The van der Waals surface area contributed by atoms with Gasteiger partial charge in [0.2, 0.25) is 0 Å². The van der Waals surface area contributed by atoms with Crippen molar-refractivity contribution in [2.75, 3.05) is 11.4 Å². The zero-order valence-corrected chi connectivity index (χ0v) is 17.1. The molecule has 0 bridgehead atoms. The van der Waals surface area contributed by atoms with Crippen LogP contribution >= 0.6 is 0 Å². The van der Waals surface area contributed by atoms with Gasteiger partial charge in [-0.15, -0.1) is 0 Å². The minimum atomic E-state index is -4.38. The van der Waals surface area contributed by atoms with Crippen LogP contribution in [0.3, 0.4) is 0 Å². The summed E-state index contributed by atoms with van der Waals surface area (Å²) in [7, 11) is 0. The van der Waals surface area contributed by atoms with Gasteiger partial charge < -0.3 is 4.90 Å². The summed E-state index contributed by atoms with van der Waals surface area (Å²) in [5.41, 5.74) is 5.28. The third-order valence-corrected chi connectivity index (χ3v) is 5.78. The largest absolute Gasteiger partial charge is 0.416 e. The van der Waals surface area contributed by atoms with Crippen LogP contribution in [-0.4, -0.2) is 26.3 Å². The second-order valence-electron chi connectivity index (χ2n) is 7.89. The molecule has 0 N–H and O–H groups in total. The van der Waals surface area contributed by atoms with E-state index in [0.29, 0.717) is 16.7 Å². The molecule has 31 heavy (non-hydrogen) atoms. The van der Waals surface area contributed by atoms with Crippen LogP contribution in [0, 0.1) is 13.8 Å². The minimum Gasteiger partial charge on any atom is -0.364 e. The van der Waals surface area contributed by atoms with Gasteiger partial charge in [0, 0.05) is 29.4 Å². The standard InChI is InChI=1S/C23H20F3N5/c1-14-9-16(3-6-20(14)30-7-8-31-21(13-30)15(2)11-28-31)22-27-12-17-10-18(23(24,25)26)4-5-19(17)29-22/h3-6,9-12H,7-8,13H2,1-2H3. The second-order valence-corrected chi connectivity index (χ2v) is 7.89. The third kappa shape index (κ3) is 3.52. The lowest BCUT2D eigenvalue weighted by molar-refractivity contribution is -0.137. The Morgan fingerprint density at radius 3 is 2.55 bits per heavy atom. The molecule has 0 fully saturated rings. The van der Waals surface area contributed by atoms with Crippen LogP contribution in [0.2, 0.25) is 0 Å². The second kappa shape index (κ2) is 7.08. The van der Waals surface area contributed by atoms with E-state index in [1.54, 1.807) is 0 Å². The summed E-state index contributed by atoms with van der Waals surface area (Å²) in [5.74, 6) is 0.495. The highest BCUT2D eigenvalue weighted by atomic mass is 19.4. The molecule has 5 rings (SSSR count). The Hall–Kier alpha value is -3.42. The number of fused-ring (bicyclic) bond motifs is 2.